The molecule has 1 aromatic heterocycles. The molecule has 10 nitrogen and oxygen atoms in total. The summed E-state index contributed by atoms with van der Waals surface area (Å²) in [5, 5.41) is 15.3. The van der Waals surface area contributed by atoms with Crippen LogP contribution in [-0.4, -0.2) is 83.3 Å². The number of tetrazole rings is 1. The van der Waals surface area contributed by atoms with E-state index < -0.39 is 9.84 Å². The van der Waals surface area contributed by atoms with Crippen LogP contribution in [0.1, 0.15) is 5.82 Å². The molecule has 0 radical (unpaired) electrons. The molecule has 0 atom stereocenters. The van der Waals surface area contributed by atoms with Crippen molar-refractivity contribution < 1.29 is 13.2 Å². The highest BCUT2D eigenvalue weighted by Crippen LogP contribution is 2.20. The van der Waals surface area contributed by atoms with Gasteiger partial charge >= 0.3 is 0 Å². The Labute approximate surface area is 197 Å². The van der Waals surface area contributed by atoms with Gasteiger partial charge in [-0.3, -0.25) is 14.6 Å². The minimum absolute atomic E-state index is 0.0990. The summed E-state index contributed by atoms with van der Waals surface area (Å²) in [6, 6.07) is 13.6. The van der Waals surface area contributed by atoms with Crippen molar-refractivity contribution in [2.24, 2.45) is 0 Å². The molecule has 2 aromatic carbocycles. The summed E-state index contributed by atoms with van der Waals surface area (Å²) >= 11 is 6.10. The maximum atomic E-state index is 12.4. The highest BCUT2D eigenvalue weighted by Gasteiger charge is 2.21. The van der Waals surface area contributed by atoms with E-state index in [9.17, 15) is 13.2 Å². The summed E-state index contributed by atoms with van der Waals surface area (Å²) in [6.07, 6.45) is 1.17. The quantitative estimate of drug-likeness (QED) is 0.531. The monoisotopic (exact) mass is 489 g/mol. The predicted molar refractivity (Wildman–Crippen MR) is 124 cm³/mol. The van der Waals surface area contributed by atoms with Crippen molar-refractivity contribution in [3.05, 3.63) is 59.4 Å². The molecule has 0 aliphatic carbocycles. The Hall–Kier alpha value is -2.86. The second-order valence-corrected chi connectivity index (χ2v) is 10.3. The lowest BCUT2D eigenvalue weighted by Gasteiger charge is -2.33. The first kappa shape index (κ1) is 23.3. The van der Waals surface area contributed by atoms with Gasteiger partial charge in [0.05, 0.1) is 34.4 Å². The summed E-state index contributed by atoms with van der Waals surface area (Å²) in [7, 11) is -3.26. The summed E-state index contributed by atoms with van der Waals surface area (Å²) in [4.78, 5) is 16.9. The van der Waals surface area contributed by atoms with E-state index in [1.165, 1.54) is 6.26 Å². The fourth-order valence-electron chi connectivity index (χ4n) is 3.60. The summed E-state index contributed by atoms with van der Waals surface area (Å²) < 4.78 is 24.9. The fraction of sp³-hybridized carbons (Fsp3) is 0.333. The van der Waals surface area contributed by atoms with Crippen molar-refractivity contribution in [2.75, 3.05) is 44.3 Å². The van der Waals surface area contributed by atoms with Gasteiger partial charge in [0.1, 0.15) is 0 Å². The molecule has 1 aliphatic rings. The first-order valence-corrected chi connectivity index (χ1v) is 12.6. The molecule has 12 heteroatoms. The average Bonchev–Trinajstić information content (AvgIpc) is 3.24. The summed E-state index contributed by atoms with van der Waals surface area (Å²) in [6.45, 7) is 3.84. The molecule has 1 amide bonds. The Balaban J connectivity index is 1.31. The van der Waals surface area contributed by atoms with Gasteiger partial charge in [-0.2, -0.15) is 4.68 Å². The molecule has 0 saturated carbocycles. The molecule has 0 unspecified atom stereocenters. The Bertz CT molecular complexity index is 1220. The van der Waals surface area contributed by atoms with Crippen LogP contribution in [-0.2, 0) is 21.2 Å². The van der Waals surface area contributed by atoms with E-state index >= 15 is 0 Å². The molecule has 2 heterocycles. The van der Waals surface area contributed by atoms with Crippen LogP contribution in [0.4, 0.5) is 5.69 Å². The molecule has 174 valence electrons. The lowest BCUT2D eigenvalue weighted by atomic mass is 10.3. The number of nitrogens with zero attached hydrogens (tertiary/aromatic N) is 6. The highest BCUT2D eigenvalue weighted by molar-refractivity contribution is 7.90. The largest absolute Gasteiger partial charge is 0.324 e. The maximum absolute atomic E-state index is 12.4. The van der Waals surface area contributed by atoms with Gasteiger partial charge in [0.15, 0.2) is 15.7 Å². The van der Waals surface area contributed by atoms with Gasteiger partial charge in [-0.25, -0.2) is 8.42 Å². The minimum atomic E-state index is -3.26. The van der Waals surface area contributed by atoms with Crippen LogP contribution in [0.3, 0.4) is 0 Å². The minimum Gasteiger partial charge on any atom is -0.324 e. The van der Waals surface area contributed by atoms with Gasteiger partial charge < -0.3 is 5.32 Å². The Kier molecular flexibility index (Phi) is 7.03. The number of nitrogens with one attached hydrogen (secondary N) is 1. The second kappa shape index (κ2) is 9.96. The third-order valence-corrected chi connectivity index (χ3v) is 6.85. The molecule has 3 aromatic rings. The maximum Gasteiger partial charge on any atom is 0.238 e. The third kappa shape index (κ3) is 5.93. The fourth-order valence-corrected chi connectivity index (χ4v) is 4.41. The van der Waals surface area contributed by atoms with Crippen molar-refractivity contribution >= 4 is 33.0 Å². The van der Waals surface area contributed by atoms with Crippen molar-refractivity contribution in [2.45, 2.75) is 11.4 Å². The average molecular weight is 490 g/mol. The number of halogens is 1. The number of aromatic nitrogens is 4. The van der Waals surface area contributed by atoms with Crippen molar-refractivity contribution in [1.82, 2.24) is 30.0 Å². The first-order valence-electron chi connectivity index (χ1n) is 10.4. The number of benzene rings is 2. The SMILES string of the molecule is CS(=O)(=O)c1ccc(-n2nnnc2CN2CCN(CC(=O)Nc3ccccc3Cl)CC2)cc1. The lowest BCUT2D eigenvalue weighted by molar-refractivity contribution is -0.117. The van der Waals surface area contributed by atoms with Crippen molar-refractivity contribution in [1.29, 1.82) is 0 Å². The number of amides is 1. The van der Waals surface area contributed by atoms with Crippen LogP contribution in [0.2, 0.25) is 5.02 Å². The van der Waals surface area contributed by atoms with Gasteiger partial charge in [-0.05, 0) is 46.8 Å². The smallest absolute Gasteiger partial charge is 0.238 e. The van der Waals surface area contributed by atoms with Crippen LogP contribution in [0, 0.1) is 0 Å². The lowest BCUT2D eigenvalue weighted by Crippen LogP contribution is -2.48. The van der Waals surface area contributed by atoms with Gasteiger partial charge in [0.25, 0.3) is 0 Å². The molecule has 1 fully saturated rings. The van der Waals surface area contributed by atoms with E-state index in [4.69, 9.17) is 11.6 Å². The molecule has 33 heavy (non-hydrogen) atoms. The van der Waals surface area contributed by atoms with Gasteiger partial charge in [0.2, 0.25) is 5.91 Å². The number of anilines is 1. The van der Waals surface area contributed by atoms with Crippen LogP contribution < -0.4 is 5.32 Å². The van der Waals surface area contributed by atoms with Crippen LogP contribution >= 0.6 is 11.6 Å². The van der Waals surface area contributed by atoms with E-state index in [0.29, 0.717) is 35.3 Å². The van der Waals surface area contributed by atoms with E-state index in [1.807, 2.05) is 12.1 Å². The Morgan fingerprint density at radius 2 is 1.70 bits per heavy atom. The number of rotatable bonds is 7. The number of carbonyl (C=O) groups excluding carboxylic acids is 1. The van der Waals surface area contributed by atoms with E-state index in [1.54, 1.807) is 41.1 Å². The van der Waals surface area contributed by atoms with E-state index in [-0.39, 0.29) is 10.8 Å². The van der Waals surface area contributed by atoms with E-state index in [2.05, 4.69) is 30.6 Å². The standard InChI is InChI=1S/C21H24ClN7O3S/c1-33(31,32)17-8-6-16(7-9-17)29-20(24-25-26-29)14-27-10-12-28(13-11-27)15-21(30)23-19-5-3-2-4-18(19)22/h2-9H,10-15H2,1H3,(H,23,30). The normalized spacial score (nSPS) is 15.5. The highest BCUT2D eigenvalue weighted by atomic mass is 35.5. The summed E-state index contributed by atoms with van der Waals surface area (Å²) in [5.74, 6) is 0.560. The van der Waals surface area contributed by atoms with Gasteiger partial charge in [-0.15, -0.1) is 5.10 Å². The number of hydrogen-bond donors (Lipinski definition) is 1. The molecule has 4 rings (SSSR count). The molecular formula is C21H24ClN7O3S. The predicted octanol–water partition coefficient (Wildman–Crippen LogP) is 1.48. The summed E-state index contributed by atoms with van der Waals surface area (Å²) in [5.41, 5.74) is 1.30. The van der Waals surface area contributed by atoms with E-state index in [0.717, 1.165) is 26.2 Å². The third-order valence-electron chi connectivity index (χ3n) is 5.39. The number of hydrogen-bond acceptors (Lipinski definition) is 8. The Morgan fingerprint density at radius 1 is 1.03 bits per heavy atom. The topological polar surface area (TPSA) is 113 Å². The number of sulfone groups is 1. The molecule has 1 saturated heterocycles. The van der Waals surface area contributed by atoms with Crippen molar-refractivity contribution in [3.63, 3.8) is 0 Å². The van der Waals surface area contributed by atoms with Crippen molar-refractivity contribution in [3.8, 4) is 5.69 Å². The molecule has 1 N–H and O–H groups in total. The zero-order chi connectivity index (χ0) is 23.4. The van der Waals surface area contributed by atoms with Crippen LogP contribution in [0.25, 0.3) is 5.69 Å². The molecule has 0 spiro atoms. The number of carbonyl (C=O) groups is 1. The van der Waals surface area contributed by atoms with Gasteiger partial charge in [0, 0.05) is 32.4 Å². The Morgan fingerprint density at radius 3 is 2.36 bits per heavy atom. The second-order valence-electron chi connectivity index (χ2n) is 7.85. The molecule has 0 bridgehead atoms. The zero-order valence-corrected chi connectivity index (χ0v) is 19.6. The van der Waals surface area contributed by atoms with Crippen LogP contribution in [0.15, 0.2) is 53.4 Å². The number of para-hydroxylation sites is 1. The first-order chi connectivity index (χ1) is 15.8. The zero-order valence-electron chi connectivity index (χ0n) is 18.1. The van der Waals surface area contributed by atoms with Gasteiger partial charge in [-0.1, -0.05) is 23.7 Å². The number of piperazine rings is 1. The molecular weight excluding hydrogens is 466 g/mol. The molecule has 1 aliphatic heterocycles. The van der Waals surface area contributed by atoms with Crippen LogP contribution in [0.5, 0.6) is 0 Å².